The van der Waals surface area contributed by atoms with Crippen LogP contribution in [0.1, 0.15) is 76.7 Å². The molecule has 313 valence electrons. The molecule has 1 heterocycles. The fraction of sp³-hybridized carbons (Fsp3) is 0.133. The van der Waals surface area contributed by atoms with Crippen LogP contribution in [0.4, 0.5) is 0 Å². The van der Waals surface area contributed by atoms with Crippen LogP contribution in [-0.2, 0) is 29.2 Å². The van der Waals surface area contributed by atoms with Crippen molar-refractivity contribution in [1.29, 1.82) is 0 Å². The molecule has 8 aromatic rings. The normalized spacial score (nSPS) is 16.9. The molecular formula is C60H51Cl2SiZr. The van der Waals surface area contributed by atoms with Gasteiger partial charge < -0.3 is 0 Å². The van der Waals surface area contributed by atoms with E-state index >= 15 is 0 Å². The average Bonchev–Trinajstić information content (AvgIpc) is 4.05. The van der Waals surface area contributed by atoms with Gasteiger partial charge in [-0.25, -0.2) is 0 Å². The maximum atomic E-state index is 9.61. The number of aryl methyl sites for hydroxylation is 4. The fourth-order valence-electron chi connectivity index (χ4n) is 12.0. The third-order valence-corrected chi connectivity index (χ3v) is 37.3. The summed E-state index contributed by atoms with van der Waals surface area (Å²) < 4.78 is 0.696. The third-order valence-electron chi connectivity index (χ3n) is 14.8. The summed E-state index contributed by atoms with van der Waals surface area (Å²) in [6.07, 6.45) is 6.89. The van der Waals surface area contributed by atoms with E-state index in [0.717, 1.165) is 12.8 Å². The van der Waals surface area contributed by atoms with Gasteiger partial charge in [-0.15, -0.1) is 0 Å². The van der Waals surface area contributed by atoms with Crippen LogP contribution in [0.2, 0.25) is 0 Å². The van der Waals surface area contributed by atoms with Crippen LogP contribution >= 0.6 is 17.0 Å². The molecule has 3 aliphatic rings. The number of hydrogen-bond acceptors (Lipinski definition) is 0. The minimum atomic E-state index is -5.97. The van der Waals surface area contributed by atoms with Crippen LogP contribution in [-0.4, -0.2) is 9.52 Å². The van der Waals surface area contributed by atoms with Gasteiger partial charge in [0.1, 0.15) is 0 Å². The number of halogens is 2. The summed E-state index contributed by atoms with van der Waals surface area (Å²) in [6, 6.07) is 65.5. The molecule has 1 aliphatic heterocycles. The standard InChI is InChI=1S/2C24H21.C12H9Si.2ClH.Zr/c2*1-3-18-9-7-8-12-22(18)24-17(2)13-14-20-15-21(16-23(20)24)19-10-5-4-6-11-19;1-3-7-11-9(5-1)10-6-2-4-8-12(10)13-11;;;/h2*4-16H,3H2,1-2H3;1-7H,13H2;2*1H;/q;;;;;+2/p-2. The first-order valence-electron chi connectivity index (χ1n) is 23.0. The Bertz CT molecular complexity index is 3070. The van der Waals surface area contributed by atoms with E-state index in [1.807, 2.05) is 0 Å². The van der Waals surface area contributed by atoms with E-state index in [0.29, 0.717) is 0 Å². The van der Waals surface area contributed by atoms with E-state index < -0.39 is 25.9 Å². The fourth-order valence-corrected chi connectivity index (χ4v) is 39.0. The zero-order chi connectivity index (χ0) is 43.8. The molecule has 0 saturated carbocycles. The van der Waals surface area contributed by atoms with Crippen molar-refractivity contribution < 1.29 is 16.4 Å². The Morgan fingerprint density at radius 2 is 0.891 bits per heavy atom. The van der Waals surface area contributed by atoms with Crippen molar-refractivity contribution in [3.8, 4) is 33.4 Å². The van der Waals surface area contributed by atoms with E-state index in [4.69, 9.17) is 0 Å². The van der Waals surface area contributed by atoms with Gasteiger partial charge in [0, 0.05) is 0 Å². The molecule has 11 rings (SSSR count). The third kappa shape index (κ3) is 6.31. The van der Waals surface area contributed by atoms with Crippen LogP contribution in [0.15, 0.2) is 176 Å². The summed E-state index contributed by atoms with van der Waals surface area (Å²) in [4.78, 5) is 0. The molecule has 8 aromatic carbocycles. The summed E-state index contributed by atoms with van der Waals surface area (Å²) in [7, 11) is 18.3. The van der Waals surface area contributed by atoms with Crippen LogP contribution in [0, 0.1) is 13.8 Å². The Hall–Kier alpha value is -5.08. The topological polar surface area (TPSA) is 0 Å². The van der Waals surface area contributed by atoms with Crippen molar-refractivity contribution in [3.63, 3.8) is 0 Å². The second-order valence-corrected chi connectivity index (χ2v) is 40.6. The first kappa shape index (κ1) is 41.6. The number of rotatable bonds is 9. The molecule has 0 N–H and O–H groups in total. The van der Waals surface area contributed by atoms with Crippen molar-refractivity contribution in [2.24, 2.45) is 0 Å². The van der Waals surface area contributed by atoms with Gasteiger partial charge in [0.05, 0.1) is 0 Å². The zero-order valence-electron chi connectivity index (χ0n) is 36.9. The average molecular weight is 962 g/mol. The van der Waals surface area contributed by atoms with Gasteiger partial charge in [0.2, 0.25) is 0 Å². The van der Waals surface area contributed by atoms with Crippen molar-refractivity contribution in [2.75, 3.05) is 0 Å². The Labute approximate surface area is 389 Å². The van der Waals surface area contributed by atoms with Gasteiger partial charge in [-0.05, 0) is 0 Å². The quantitative estimate of drug-likeness (QED) is 0.126. The van der Waals surface area contributed by atoms with Crippen LogP contribution < -0.4 is 13.6 Å². The molecule has 4 heteroatoms. The second-order valence-electron chi connectivity index (χ2n) is 18.2. The van der Waals surface area contributed by atoms with Gasteiger partial charge in [0.25, 0.3) is 0 Å². The Morgan fingerprint density at radius 3 is 1.39 bits per heavy atom. The van der Waals surface area contributed by atoms with Gasteiger partial charge in [0.15, 0.2) is 0 Å². The summed E-state index contributed by atoms with van der Waals surface area (Å²) in [5.74, 6) is 0. The van der Waals surface area contributed by atoms with Crippen molar-refractivity contribution in [3.05, 3.63) is 232 Å². The number of hydrogen-bond donors (Lipinski definition) is 0. The number of benzene rings is 8. The first-order valence-corrected chi connectivity index (χ1v) is 34.8. The maximum absolute atomic E-state index is 9.61. The molecule has 0 nitrogen and oxygen atoms in total. The van der Waals surface area contributed by atoms with Gasteiger partial charge in [-0.1, -0.05) is 0 Å². The van der Waals surface area contributed by atoms with Crippen LogP contribution in [0.3, 0.4) is 0 Å². The molecule has 0 bridgehead atoms. The molecule has 0 saturated heterocycles. The Morgan fingerprint density at radius 1 is 0.453 bits per heavy atom. The molecule has 2 aliphatic carbocycles. The monoisotopic (exact) mass is 959 g/mol. The van der Waals surface area contributed by atoms with Crippen molar-refractivity contribution in [2.45, 2.75) is 47.8 Å². The predicted molar refractivity (Wildman–Crippen MR) is 277 cm³/mol. The van der Waals surface area contributed by atoms with Gasteiger partial charge >= 0.3 is 393 Å². The van der Waals surface area contributed by atoms with Crippen LogP contribution in [0.25, 0.3) is 56.7 Å². The van der Waals surface area contributed by atoms with Crippen molar-refractivity contribution in [1.82, 2.24) is 0 Å². The van der Waals surface area contributed by atoms with Gasteiger partial charge in [-0.3, -0.25) is 0 Å². The summed E-state index contributed by atoms with van der Waals surface area (Å²) >= 11 is -5.97. The SMILES string of the molecule is CCc1ccccc1-c1c(C)ccc2c1C=C(c1ccccc1)[CH]2[Zr]([Cl])([Cl])([c]1cccc2c1[SiH2]c1ccccc1-2)[CH]1C(c2ccccc2)=Cc2c1ccc(C)c2-c1ccccc1CC. The summed E-state index contributed by atoms with van der Waals surface area (Å²) in [5.41, 5.74) is 22.8. The summed E-state index contributed by atoms with van der Waals surface area (Å²) in [5, 5.41) is 2.89. The first-order chi connectivity index (χ1) is 31.2. The molecule has 0 spiro atoms. The molecule has 2 unspecified atom stereocenters. The van der Waals surface area contributed by atoms with E-state index in [2.05, 4.69) is 216 Å². The Kier molecular flexibility index (Phi) is 10.5. The minimum absolute atomic E-state index is 0.268. The van der Waals surface area contributed by atoms with Gasteiger partial charge in [-0.2, -0.15) is 0 Å². The molecular weight excluding hydrogens is 911 g/mol. The second kappa shape index (κ2) is 16.1. The zero-order valence-corrected chi connectivity index (χ0v) is 42.3. The molecule has 0 aromatic heterocycles. The summed E-state index contributed by atoms with van der Waals surface area (Å²) in [6.45, 7) is 9.07. The molecule has 0 fully saturated rings. The van der Waals surface area contributed by atoms with E-state index in [1.54, 1.807) is 0 Å². The van der Waals surface area contributed by atoms with E-state index in [9.17, 15) is 17.0 Å². The number of allylic oxidation sites excluding steroid dienone is 2. The molecule has 2 atom stereocenters. The molecule has 64 heavy (non-hydrogen) atoms. The molecule has 0 amide bonds. The van der Waals surface area contributed by atoms with Crippen molar-refractivity contribution >= 4 is 63.5 Å². The van der Waals surface area contributed by atoms with E-state index in [-0.39, 0.29) is 7.25 Å². The number of fused-ring (bicyclic) bond motifs is 5. The van der Waals surface area contributed by atoms with E-state index in [1.165, 1.54) is 114 Å². The predicted octanol–water partition coefficient (Wildman–Crippen LogP) is 14.1. The molecule has 0 radical (unpaired) electrons. The Balaban J connectivity index is 1.29. The van der Waals surface area contributed by atoms with Crippen LogP contribution in [0.5, 0.6) is 0 Å².